The highest BCUT2D eigenvalue weighted by molar-refractivity contribution is 5.22. The van der Waals surface area contributed by atoms with Crippen LogP contribution in [0.5, 0.6) is 0 Å². The van der Waals surface area contributed by atoms with E-state index in [9.17, 15) is 0 Å². The van der Waals surface area contributed by atoms with Crippen LogP contribution in [0, 0.1) is 0 Å². The van der Waals surface area contributed by atoms with Crippen molar-refractivity contribution in [2.24, 2.45) is 0 Å². The Morgan fingerprint density at radius 3 is 1.94 bits per heavy atom. The fraction of sp³-hybridized carbons (Fsp3) is 0.600. The summed E-state index contributed by atoms with van der Waals surface area (Å²) in [5, 5.41) is 3.19. The molecule has 1 rings (SSSR count). The maximum atomic E-state index is 3.19. The zero-order chi connectivity index (χ0) is 11.6. The second-order valence-electron chi connectivity index (χ2n) is 4.48. The lowest BCUT2D eigenvalue weighted by Crippen LogP contribution is -2.07. The number of nitrogens with one attached hydrogen (secondary N) is 1. The Bertz CT molecular complexity index is 263. The molecular weight excluding hydrogens is 194 g/mol. The van der Waals surface area contributed by atoms with Crippen LogP contribution in [0.4, 0.5) is 0 Å². The highest BCUT2D eigenvalue weighted by Gasteiger charge is 1.95. The lowest BCUT2D eigenvalue weighted by Gasteiger charge is -2.04. The van der Waals surface area contributed by atoms with Gasteiger partial charge in [-0.2, -0.15) is 0 Å². The first-order valence-electron chi connectivity index (χ1n) is 6.59. The van der Waals surface area contributed by atoms with Gasteiger partial charge in [-0.25, -0.2) is 0 Å². The summed E-state index contributed by atoms with van der Waals surface area (Å²) in [5.41, 5.74) is 2.97. The van der Waals surface area contributed by atoms with Gasteiger partial charge in [0.25, 0.3) is 0 Å². The first kappa shape index (κ1) is 13.2. The summed E-state index contributed by atoms with van der Waals surface area (Å²) in [4.78, 5) is 0. The smallest absolute Gasteiger partial charge is 0.00518 e. The number of benzene rings is 1. The molecular formula is C15H25N. The van der Waals surface area contributed by atoms with Crippen LogP contribution in [0.3, 0.4) is 0 Å². The Labute approximate surface area is 100 Å². The Balaban J connectivity index is 2.27. The Morgan fingerprint density at radius 1 is 0.875 bits per heavy atom. The Morgan fingerprint density at radius 2 is 1.44 bits per heavy atom. The molecule has 0 saturated heterocycles. The molecule has 0 heterocycles. The zero-order valence-corrected chi connectivity index (χ0v) is 10.8. The molecule has 1 nitrogen and oxygen atoms in total. The van der Waals surface area contributed by atoms with Gasteiger partial charge in [0.1, 0.15) is 0 Å². The van der Waals surface area contributed by atoms with Gasteiger partial charge in [0, 0.05) is 0 Å². The molecule has 1 heteroatoms. The highest BCUT2D eigenvalue weighted by atomic mass is 14.8. The molecule has 0 unspecified atom stereocenters. The summed E-state index contributed by atoms with van der Waals surface area (Å²) in [6.45, 7) is 3.38. The van der Waals surface area contributed by atoms with Gasteiger partial charge in [-0.15, -0.1) is 0 Å². The summed E-state index contributed by atoms with van der Waals surface area (Å²) in [6.07, 6.45) is 7.60. The van der Waals surface area contributed by atoms with E-state index in [4.69, 9.17) is 0 Å². The molecule has 1 aromatic rings. The minimum atomic E-state index is 1.13. The molecule has 0 fully saturated rings. The van der Waals surface area contributed by atoms with Crippen molar-refractivity contribution in [3.8, 4) is 0 Å². The van der Waals surface area contributed by atoms with Crippen LogP contribution in [-0.4, -0.2) is 13.6 Å². The van der Waals surface area contributed by atoms with Crippen LogP contribution in [0.2, 0.25) is 0 Å². The molecule has 0 bridgehead atoms. The zero-order valence-electron chi connectivity index (χ0n) is 10.8. The Hall–Kier alpha value is -0.820. The first-order chi connectivity index (χ1) is 7.86. The number of hydrogen-bond donors (Lipinski definition) is 1. The van der Waals surface area contributed by atoms with Gasteiger partial charge < -0.3 is 5.32 Å². The van der Waals surface area contributed by atoms with Crippen molar-refractivity contribution in [2.45, 2.75) is 45.4 Å². The average Bonchev–Trinajstić information content (AvgIpc) is 2.33. The summed E-state index contributed by atoms with van der Waals surface area (Å²) in [5.74, 6) is 0. The number of aryl methyl sites for hydroxylation is 2. The van der Waals surface area contributed by atoms with E-state index < -0.39 is 0 Å². The monoisotopic (exact) mass is 219 g/mol. The van der Waals surface area contributed by atoms with E-state index in [1.807, 2.05) is 7.05 Å². The van der Waals surface area contributed by atoms with Gasteiger partial charge in [0.2, 0.25) is 0 Å². The minimum absolute atomic E-state index is 1.13. The van der Waals surface area contributed by atoms with Gasteiger partial charge in [-0.05, 0) is 56.8 Å². The van der Waals surface area contributed by atoms with Gasteiger partial charge in [0.15, 0.2) is 0 Å². The Kier molecular flexibility index (Phi) is 6.91. The third kappa shape index (κ3) is 5.32. The van der Waals surface area contributed by atoms with Gasteiger partial charge in [-0.1, -0.05) is 37.6 Å². The second kappa shape index (κ2) is 8.35. The van der Waals surface area contributed by atoms with E-state index in [2.05, 4.69) is 36.5 Å². The summed E-state index contributed by atoms with van der Waals surface area (Å²) in [7, 11) is 2.02. The average molecular weight is 219 g/mol. The maximum Gasteiger partial charge on any atom is -0.00518 e. The molecule has 90 valence electrons. The van der Waals surface area contributed by atoms with E-state index in [0.29, 0.717) is 0 Å². The molecule has 0 aliphatic rings. The topological polar surface area (TPSA) is 12.0 Å². The van der Waals surface area contributed by atoms with E-state index in [1.54, 1.807) is 0 Å². The van der Waals surface area contributed by atoms with Crippen LogP contribution in [0.15, 0.2) is 24.3 Å². The van der Waals surface area contributed by atoms with Crippen LogP contribution >= 0.6 is 0 Å². The van der Waals surface area contributed by atoms with Gasteiger partial charge in [-0.3, -0.25) is 0 Å². The predicted molar refractivity (Wildman–Crippen MR) is 71.9 cm³/mol. The van der Waals surface area contributed by atoms with Crippen LogP contribution in [0.1, 0.15) is 43.7 Å². The summed E-state index contributed by atoms with van der Waals surface area (Å²) < 4.78 is 0. The fourth-order valence-electron chi connectivity index (χ4n) is 1.88. The van der Waals surface area contributed by atoms with Gasteiger partial charge >= 0.3 is 0 Å². The molecule has 0 aromatic heterocycles. The summed E-state index contributed by atoms with van der Waals surface area (Å²) >= 11 is 0. The summed E-state index contributed by atoms with van der Waals surface area (Å²) in [6, 6.07) is 9.18. The van der Waals surface area contributed by atoms with E-state index in [1.165, 1.54) is 49.7 Å². The van der Waals surface area contributed by atoms with Crippen molar-refractivity contribution in [3.05, 3.63) is 35.4 Å². The normalized spacial score (nSPS) is 10.6. The third-order valence-electron chi connectivity index (χ3n) is 2.98. The van der Waals surface area contributed by atoms with Crippen LogP contribution in [0.25, 0.3) is 0 Å². The van der Waals surface area contributed by atoms with Crippen molar-refractivity contribution in [3.63, 3.8) is 0 Å². The van der Waals surface area contributed by atoms with E-state index >= 15 is 0 Å². The lowest BCUT2D eigenvalue weighted by molar-refractivity contribution is 0.677. The SMILES string of the molecule is CCCCc1ccc(CCCCNC)cc1. The van der Waals surface area contributed by atoms with Crippen molar-refractivity contribution in [1.29, 1.82) is 0 Å². The molecule has 1 N–H and O–H groups in total. The third-order valence-corrected chi connectivity index (χ3v) is 2.98. The molecule has 0 radical (unpaired) electrons. The number of hydrogen-bond acceptors (Lipinski definition) is 1. The quantitative estimate of drug-likeness (QED) is 0.659. The number of unbranched alkanes of at least 4 members (excludes halogenated alkanes) is 2. The first-order valence-corrected chi connectivity index (χ1v) is 6.59. The van der Waals surface area contributed by atoms with Crippen molar-refractivity contribution >= 4 is 0 Å². The molecule has 1 aromatic carbocycles. The molecule has 0 amide bonds. The molecule has 0 spiro atoms. The molecule has 0 atom stereocenters. The minimum Gasteiger partial charge on any atom is -0.320 e. The second-order valence-corrected chi connectivity index (χ2v) is 4.48. The predicted octanol–water partition coefficient (Wildman–Crippen LogP) is 3.57. The van der Waals surface area contributed by atoms with Crippen molar-refractivity contribution < 1.29 is 0 Å². The largest absolute Gasteiger partial charge is 0.320 e. The fourth-order valence-corrected chi connectivity index (χ4v) is 1.88. The number of rotatable bonds is 8. The van der Waals surface area contributed by atoms with Crippen molar-refractivity contribution in [1.82, 2.24) is 5.32 Å². The van der Waals surface area contributed by atoms with Gasteiger partial charge in [0.05, 0.1) is 0 Å². The van der Waals surface area contributed by atoms with Crippen LogP contribution in [-0.2, 0) is 12.8 Å². The molecule has 0 aliphatic heterocycles. The molecule has 0 aliphatic carbocycles. The van der Waals surface area contributed by atoms with E-state index in [-0.39, 0.29) is 0 Å². The standard InChI is InChI=1S/C15H25N/c1-3-4-7-14-9-11-15(12-10-14)8-5-6-13-16-2/h9-12,16H,3-8,13H2,1-2H3. The highest BCUT2D eigenvalue weighted by Crippen LogP contribution is 2.10. The van der Waals surface area contributed by atoms with Crippen LogP contribution < -0.4 is 5.32 Å². The van der Waals surface area contributed by atoms with Crippen molar-refractivity contribution in [2.75, 3.05) is 13.6 Å². The lowest BCUT2D eigenvalue weighted by atomic mass is 10.0. The maximum absolute atomic E-state index is 3.19. The van der Waals surface area contributed by atoms with E-state index in [0.717, 1.165) is 6.54 Å². The molecule has 16 heavy (non-hydrogen) atoms. The molecule has 0 saturated carbocycles.